The topological polar surface area (TPSA) is 50.4 Å². The summed E-state index contributed by atoms with van der Waals surface area (Å²) in [5.41, 5.74) is -0.422. The summed E-state index contributed by atoms with van der Waals surface area (Å²) in [5, 5.41) is 6.05. The van der Waals surface area contributed by atoms with Gasteiger partial charge in [-0.05, 0) is 52.2 Å². The minimum atomic E-state index is -0.422. The molecule has 0 aromatic carbocycles. The van der Waals surface area contributed by atoms with Crippen molar-refractivity contribution < 1.29 is 9.53 Å². The van der Waals surface area contributed by atoms with Crippen LogP contribution in [0.5, 0.6) is 0 Å². The zero-order valence-electron chi connectivity index (χ0n) is 12.9. The lowest BCUT2D eigenvalue weighted by Gasteiger charge is -2.19. The van der Waals surface area contributed by atoms with Crippen LogP contribution in [0.4, 0.5) is 4.79 Å². The predicted octanol–water partition coefficient (Wildman–Crippen LogP) is 3.02. The number of hydrogen-bond acceptors (Lipinski definition) is 4. The highest BCUT2D eigenvalue weighted by molar-refractivity contribution is 7.98. The van der Waals surface area contributed by atoms with Crippen molar-refractivity contribution in [2.75, 3.05) is 31.6 Å². The Morgan fingerprint density at radius 3 is 2.37 bits per heavy atom. The lowest BCUT2D eigenvalue weighted by molar-refractivity contribution is 0.0528. The van der Waals surface area contributed by atoms with Crippen molar-refractivity contribution in [2.45, 2.75) is 52.1 Å². The zero-order chi connectivity index (χ0) is 14.6. The SMILES string of the molecule is CSCCCCCCNCCNC(=O)OC(C)(C)C. The summed E-state index contributed by atoms with van der Waals surface area (Å²) >= 11 is 1.92. The average molecular weight is 290 g/mol. The molecule has 0 aromatic rings. The quantitative estimate of drug-likeness (QED) is 0.607. The van der Waals surface area contributed by atoms with Gasteiger partial charge in [-0.25, -0.2) is 4.79 Å². The second-order valence-electron chi connectivity index (χ2n) is 5.59. The fourth-order valence-corrected chi connectivity index (χ4v) is 2.03. The van der Waals surface area contributed by atoms with Crippen LogP contribution in [0.2, 0.25) is 0 Å². The van der Waals surface area contributed by atoms with Crippen molar-refractivity contribution in [1.82, 2.24) is 10.6 Å². The van der Waals surface area contributed by atoms with E-state index in [4.69, 9.17) is 4.74 Å². The Morgan fingerprint density at radius 1 is 1.05 bits per heavy atom. The smallest absolute Gasteiger partial charge is 0.407 e. The van der Waals surface area contributed by atoms with Crippen LogP contribution in [-0.4, -0.2) is 43.3 Å². The molecule has 0 bridgehead atoms. The minimum absolute atomic E-state index is 0.341. The molecule has 0 aliphatic carbocycles. The largest absolute Gasteiger partial charge is 0.444 e. The molecular weight excluding hydrogens is 260 g/mol. The van der Waals surface area contributed by atoms with Crippen LogP contribution < -0.4 is 10.6 Å². The van der Waals surface area contributed by atoms with Gasteiger partial charge in [0.1, 0.15) is 5.60 Å². The van der Waals surface area contributed by atoms with Crippen molar-refractivity contribution in [3.05, 3.63) is 0 Å². The first kappa shape index (κ1) is 18.6. The van der Waals surface area contributed by atoms with Gasteiger partial charge in [0.15, 0.2) is 0 Å². The number of alkyl carbamates (subject to hydrolysis) is 1. The number of hydrogen-bond donors (Lipinski definition) is 2. The Kier molecular flexibility index (Phi) is 11.2. The van der Waals surface area contributed by atoms with E-state index in [-0.39, 0.29) is 6.09 Å². The second-order valence-corrected chi connectivity index (χ2v) is 6.57. The van der Waals surface area contributed by atoms with Gasteiger partial charge in [-0.15, -0.1) is 0 Å². The number of rotatable bonds is 10. The molecule has 0 heterocycles. The van der Waals surface area contributed by atoms with Crippen LogP contribution in [0.15, 0.2) is 0 Å². The van der Waals surface area contributed by atoms with E-state index in [9.17, 15) is 4.79 Å². The van der Waals surface area contributed by atoms with E-state index in [1.165, 1.54) is 31.4 Å². The third-order valence-corrected chi connectivity index (χ3v) is 3.12. The molecule has 0 atom stereocenters. The molecule has 19 heavy (non-hydrogen) atoms. The maximum absolute atomic E-state index is 11.3. The molecule has 0 rings (SSSR count). The summed E-state index contributed by atoms with van der Waals surface area (Å²) in [7, 11) is 0. The molecule has 4 nitrogen and oxygen atoms in total. The van der Waals surface area contributed by atoms with Crippen LogP contribution in [0, 0.1) is 0 Å². The first-order valence-electron chi connectivity index (χ1n) is 7.12. The molecular formula is C14H30N2O2S. The molecule has 1 amide bonds. The Morgan fingerprint density at radius 2 is 1.74 bits per heavy atom. The van der Waals surface area contributed by atoms with Gasteiger partial charge in [0.25, 0.3) is 0 Å². The number of unbranched alkanes of at least 4 members (excludes halogenated alkanes) is 3. The molecule has 0 aliphatic rings. The highest BCUT2D eigenvalue weighted by Gasteiger charge is 2.15. The van der Waals surface area contributed by atoms with Gasteiger partial charge >= 0.3 is 6.09 Å². The summed E-state index contributed by atoms with van der Waals surface area (Å²) in [6, 6.07) is 0. The summed E-state index contributed by atoms with van der Waals surface area (Å²) in [6.45, 7) is 8.02. The first-order valence-corrected chi connectivity index (χ1v) is 8.51. The summed E-state index contributed by atoms with van der Waals surface area (Å²) in [4.78, 5) is 11.3. The van der Waals surface area contributed by atoms with E-state index in [0.717, 1.165) is 13.1 Å². The van der Waals surface area contributed by atoms with E-state index in [0.29, 0.717) is 6.54 Å². The molecule has 0 saturated carbocycles. The lowest BCUT2D eigenvalue weighted by atomic mass is 10.2. The Hall–Kier alpha value is -0.420. The monoisotopic (exact) mass is 290 g/mol. The van der Waals surface area contributed by atoms with E-state index in [1.807, 2.05) is 32.5 Å². The zero-order valence-corrected chi connectivity index (χ0v) is 13.7. The van der Waals surface area contributed by atoms with Crippen molar-refractivity contribution in [3.63, 3.8) is 0 Å². The normalized spacial score (nSPS) is 11.4. The molecule has 0 aliphatic heterocycles. The fourth-order valence-electron chi connectivity index (χ4n) is 1.54. The molecule has 5 heteroatoms. The number of carbonyl (C=O) groups excluding carboxylic acids is 1. The van der Waals surface area contributed by atoms with Gasteiger partial charge in [-0.2, -0.15) is 11.8 Å². The third-order valence-electron chi connectivity index (χ3n) is 2.42. The second kappa shape index (κ2) is 11.4. The first-order chi connectivity index (χ1) is 8.95. The Bertz CT molecular complexity index is 230. The van der Waals surface area contributed by atoms with E-state index >= 15 is 0 Å². The average Bonchev–Trinajstić information content (AvgIpc) is 2.29. The lowest BCUT2D eigenvalue weighted by Crippen LogP contribution is -2.36. The van der Waals surface area contributed by atoms with Crippen molar-refractivity contribution in [3.8, 4) is 0 Å². The number of nitrogens with one attached hydrogen (secondary N) is 2. The highest BCUT2D eigenvalue weighted by atomic mass is 32.2. The van der Waals surface area contributed by atoms with Gasteiger partial charge < -0.3 is 15.4 Å². The van der Waals surface area contributed by atoms with Crippen LogP contribution >= 0.6 is 11.8 Å². The van der Waals surface area contributed by atoms with E-state index < -0.39 is 5.60 Å². The Balaban J connectivity index is 3.21. The molecule has 0 unspecified atom stereocenters. The molecule has 0 fully saturated rings. The number of carbonyl (C=O) groups is 1. The summed E-state index contributed by atoms with van der Waals surface area (Å²) in [6.07, 6.45) is 6.94. The highest BCUT2D eigenvalue weighted by Crippen LogP contribution is 2.06. The van der Waals surface area contributed by atoms with E-state index in [1.54, 1.807) is 0 Å². The Labute approximate surface area is 122 Å². The summed E-state index contributed by atoms with van der Waals surface area (Å²) < 4.78 is 5.14. The molecule has 2 N–H and O–H groups in total. The van der Waals surface area contributed by atoms with Gasteiger partial charge in [-0.1, -0.05) is 12.8 Å². The van der Waals surface area contributed by atoms with Gasteiger partial charge in [-0.3, -0.25) is 0 Å². The van der Waals surface area contributed by atoms with Crippen molar-refractivity contribution >= 4 is 17.9 Å². The third kappa shape index (κ3) is 15.5. The molecule has 0 spiro atoms. The van der Waals surface area contributed by atoms with Crippen LogP contribution in [0.25, 0.3) is 0 Å². The van der Waals surface area contributed by atoms with Gasteiger partial charge in [0.2, 0.25) is 0 Å². The van der Waals surface area contributed by atoms with Gasteiger partial charge in [0, 0.05) is 13.1 Å². The van der Waals surface area contributed by atoms with Crippen LogP contribution in [0.1, 0.15) is 46.5 Å². The van der Waals surface area contributed by atoms with Gasteiger partial charge in [0.05, 0.1) is 0 Å². The van der Waals surface area contributed by atoms with Crippen molar-refractivity contribution in [1.29, 1.82) is 0 Å². The minimum Gasteiger partial charge on any atom is -0.444 e. The number of amides is 1. The summed E-state index contributed by atoms with van der Waals surface area (Å²) in [5.74, 6) is 1.27. The molecule has 0 aromatic heterocycles. The molecule has 114 valence electrons. The van der Waals surface area contributed by atoms with Crippen LogP contribution in [0.3, 0.4) is 0 Å². The predicted molar refractivity (Wildman–Crippen MR) is 84.0 cm³/mol. The maximum Gasteiger partial charge on any atom is 0.407 e. The number of ether oxygens (including phenoxy) is 1. The molecule has 0 saturated heterocycles. The van der Waals surface area contributed by atoms with Crippen molar-refractivity contribution in [2.24, 2.45) is 0 Å². The fraction of sp³-hybridized carbons (Fsp3) is 0.929. The van der Waals surface area contributed by atoms with Crippen LogP contribution in [-0.2, 0) is 4.74 Å². The van der Waals surface area contributed by atoms with E-state index in [2.05, 4.69) is 16.9 Å². The maximum atomic E-state index is 11.3. The number of thioether (sulfide) groups is 1. The standard InChI is InChI=1S/C14H30N2O2S/c1-14(2,3)18-13(17)16-11-10-15-9-7-5-6-8-12-19-4/h15H,5-12H2,1-4H3,(H,16,17). The molecule has 0 radical (unpaired) electrons.